The van der Waals surface area contributed by atoms with E-state index in [-0.39, 0.29) is 25.7 Å². The number of hydrogen-bond acceptors (Lipinski definition) is 3. The standard InChI is InChI=1S/C15H17F2NO3/c16-14(17)11-21-9-7-18-15(20)13-6-3-5-12(10-13)4-1-2-8-19/h3,5-6,10,14,19H,2,7-9,11H2,(H,18,20). The Morgan fingerprint density at radius 3 is 2.95 bits per heavy atom. The third-order valence-electron chi connectivity index (χ3n) is 2.37. The molecule has 2 N–H and O–H groups in total. The quantitative estimate of drug-likeness (QED) is 0.591. The van der Waals surface area contributed by atoms with Crippen molar-refractivity contribution in [3.8, 4) is 11.8 Å². The molecule has 0 spiro atoms. The smallest absolute Gasteiger partial charge is 0.261 e. The highest BCUT2D eigenvalue weighted by Crippen LogP contribution is 2.04. The lowest BCUT2D eigenvalue weighted by atomic mass is 10.1. The van der Waals surface area contributed by atoms with E-state index >= 15 is 0 Å². The van der Waals surface area contributed by atoms with Crippen molar-refractivity contribution >= 4 is 5.91 Å². The number of amides is 1. The molecule has 0 aromatic heterocycles. The second-order valence-electron chi connectivity index (χ2n) is 4.08. The first kappa shape index (κ1) is 17.1. The Hall–Kier alpha value is -1.97. The van der Waals surface area contributed by atoms with E-state index in [2.05, 4.69) is 21.9 Å². The van der Waals surface area contributed by atoms with Crippen LogP contribution in [0, 0.1) is 11.8 Å². The van der Waals surface area contributed by atoms with Gasteiger partial charge in [-0.1, -0.05) is 17.9 Å². The first-order chi connectivity index (χ1) is 10.1. The third kappa shape index (κ3) is 7.40. The summed E-state index contributed by atoms with van der Waals surface area (Å²) in [5, 5.41) is 11.2. The molecule has 1 aromatic carbocycles. The van der Waals surface area contributed by atoms with Crippen molar-refractivity contribution in [1.29, 1.82) is 0 Å². The molecular weight excluding hydrogens is 280 g/mol. The minimum atomic E-state index is -2.50. The number of nitrogens with one attached hydrogen (secondary N) is 1. The van der Waals surface area contributed by atoms with Gasteiger partial charge in [-0.3, -0.25) is 4.79 Å². The van der Waals surface area contributed by atoms with Crippen molar-refractivity contribution in [2.75, 3.05) is 26.4 Å². The fourth-order valence-electron chi connectivity index (χ4n) is 1.47. The van der Waals surface area contributed by atoms with Crippen molar-refractivity contribution < 1.29 is 23.4 Å². The summed E-state index contributed by atoms with van der Waals surface area (Å²) in [6.07, 6.45) is -2.13. The van der Waals surface area contributed by atoms with Gasteiger partial charge in [0.15, 0.2) is 0 Å². The van der Waals surface area contributed by atoms with Gasteiger partial charge in [-0.25, -0.2) is 8.78 Å². The van der Waals surface area contributed by atoms with E-state index in [0.29, 0.717) is 17.5 Å². The van der Waals surface area contributed by atoms with E-state index in [4.69, 9.17) is 5.11 Å². The largest absolute Gasteiger partial charge is 0.395 e. The second kappa shape index (κ2) is 9.86. The molecule has 1 rings (SSSR count). The van der Waals surface area contributed by atoms with E-state index < -0.39 is 13.0 Å². The van der Waals surface area contributed by atoms with Crippen molar-refractivity contribution in [3.63, 3.8) is 0 Å². The van der Waals surface area contributed by atoms with Gasteiger partial charge in [0.1, 0.15) is 6.61 Å². The predicted octanol–water partition coefficient (Wildman–Crippen LogP) is 1.43. The van der Waals surface area contributed by atoms with Crippen molar-refractivity contribution in [2.24, 2.45) is 0 Å². The lowest BCUT2D eigenvalue weighted by Crippen LogP contribution is -2.27. The predicted molar refractivity (Wildman–Crippen MR) is 74.2 cm³/mol. The number of carbonyl (C=O) groups excluding carboxylic acids is 1. The molecule has 114 valence electrons. The lowest BCUT2D eigenvalue weighted by Gasteiger charge is -2.06. The molecule has 1 aromatic rings. The van der Waals surface area contributed by atoms with Gasteiger partial charge in [-0.2, -0.15) is 0 Å². The Balaban J connectivity index is 2.44. The van der Waals surface area contributed by atoms with Crippen LogP contribution in [0.3, 0.4) is 0 Å². The van der Waals surface area contributed by atoms with E-state index in [9.17, 15) is 13.6 Å². The monoisotopic (exact) mass is 297 g/mol. The first-order valence-electron chi connectivity index (χ1n) is 6.47. The van der Waals surface area contributed by atoms with Gasteiger partial charge in [0.05, 0.1) is 13.2 Å². The van der Waals surface area contributed by atoms with Gasteiger partial charge < -0.3 is 15.2 Å². The van der Waals surface area contributed by atoms with Crippen LogP contribution >= 0.6 is 0 Å². The highest BCUT2D eigenvalue weighted by atomic mass is 19.3. The molecule has 0 saturated carbocycles. The fraction of sp³-hybridized carbons (Fsp3) is 0.400. The number of aliphatic hydroxyl groups is 1. The van der Waals surface area contributed by atoms with E-state index in [0.717, 1.165) is 0 Å². The Morgan fingerprint density at radius 2 is 2.24 bits per heavy atom. The molecule has 0 radical (unpaired) electrons. The molecular formula is C15H17F2NO3. The Kier molecular flexibility index (Phi) is 8.02. The maximum absolute atomic E-state index is 11.8. The van der Waals surface area contributed by atoms with Crippen LogP contribution in [-0.2, 0) is 4.74 Å². The average Bonchev–Trinajstić information content (AvgIpc) is 2.47. The zero-order chi connectivity index (χ0) is 15.5. The summed E-state index contributed by atoms with van der Waals surface area (Å²) < 4.78 is 28.3. The Labute approximate surface area is 122 Å². The minimum absolute atomic E-state index is 0.00814. The molecule has 4 nitrogen and oxygen atoms in total. The topological polar surface area (TPSA) is 58.6 Å². The Bertz CT molecular complexity index is 509. The molecule has 0 saturated heterocycles. The van der Waals surface area contributed by atoms with Crippen molar-refractivity contribution in [2.45, 2.75) is 12.8 Å². The van der Waals surface area contributed by atoms with Gasteiger partial charge in [-0.05, 0) is 18.2 Å². The van der Waals surface area contributed by atoms with Crippen LogP contribution in [0.15, 0.2) is 24.3 Å². The number of benzene rings is 1. The van der Waals surface area contributed by atoms with Gasteiger partial charge in [-0.15, -0.1) is 0 Å². The molecule has 0 bridgehead atoms. The van der Waals surface area contributed by atoms with Crippen molar-refractivity contribution in [1.82, 2.24) is 5.32 Å². The molecule has 0 aliphatic carbocycles. The number of rotatable bonds is 7. The number of hydrogen-bond donors (Lipinski definition) is 2. The molecule has 0 aliphatic rings. The summed E-state index contributed by atoms with van der Waals surface area (Å²) >= 11 is 0. The lowest BCUT2D eigenvalue weighted by molar-refractivity contribution is 0.0188. The van der Waals surface area contributed by atoms with Gasteiger partial charge in [0.25, 0.3) is 12.3 Å². The molecule has 0 aliphatic heterocycles. The third-order valence-corrected chi connectivity index (χ3v) is 2.37. The van der Waals surface area contributed by atoms with Crippen molar-refractivity contribution in [3.05, 3.63) is 35.4 Å². The molecule has 0 heterocycles. The summed E-state index contributed by atoms with van der Waals surface area (Å²) in [4.78, 5) is 11.8. The summed E-state index contributed by atoms with van der Waals surface area (Å²) in [7, 11) is 0. The van der Waals surface area contributed by atoms with Gasteiger partial charge >= 0.3 is 0 Å². The van der Waals surface area contributed by atoms with Gasteiger partial charge in [0.2, 0.25) is 0 Å². The summed E-state index contributed by atoms with van der Waals surface area (Å²) in [6, 6.07) is 6.71. The minimum Gasteiger partial charge on any atom is -0.395 e. The highest BCUT2D eigenvalue weighted by molar-refractivity contribution is 5.94. The molecule has 0 atom stereocenters. The van der Waals surface area contributed by atoms with Gasteiger partial charge in [0, 0.05) is 24.1 Å². The molecule has 0 unspecified atom stereocenters. The number of carbonyl (C=O) groups is 1. The molecule has 0 fully saturated rings. The van der Waals surface area contributed by atoms with Crippen LogP contribution in [-0.4, -0.2) is 43.8 Å². The SMILES string of the molecule is O=C(NCCOCC(F)F)c1cccc(C#CCCO)c1. The van der Waals surface area contributed by atoms with E-state index in [1.807, 2.05) is 0 Å². The average molecular weight is 297 g/mol. The van der Waals surface area contributed by atoms with Crippen LogP contribution in [0.1, 0.15) is 22.3 Å². The van der Waals surface area contributed by atoms with E-state index in [1.54, 1.807) is 24.3 Å². The normalized spacial score (nSPS) is 10.1. The number of aliphatic hydroxyl groups excluding tert-OH is 1. The summed E-state index contributed by atoms with van der Waals surface area (Å²) in [5.41, 5.74) is 1.10. The summed E-state index contributed by atoms with van der Waals surface area (Å²) in [6.45, 7) is -0.449. The fourth-order valence-corrected chi connectivity index (χ4v) is 1.47. The molecule has 6 heteroatoms. The van der Waals surface area contributed by atoms with Crippen LogP contribution in [0.5, 0.6) is 0 Å². The zero-order valence-electron chi connectivity index (χ0n) is 11.4. The maximum Gasteiger partial charge on any atom is 0.261 e. The maximum atomic E-state index is 11.8. The zero-order valence-corrected chi connectivity index (χ0v) is 11.4. The highest BCUT2D eigenvalue weighted by Gasteiger charge is 2.06. The van der Waals surface area contributed by atoms with Crippen LogP contribution in [0.25, 0.3) is 0 Å². The number of ether oxygens (including phenoxy) is 1. The van der Waals surface area contributed by atoms with E-state index in [1.165, 1.54) is 0 Å². The number of alkyl halides is 2. The first-order valence-corrected chi connectivity index (χ1v) is 6.47. The van der Waals surface area contributed by atoms with Crippen LogP contribution in [0.4, 0.5) is 8.78 Å². The van der Waals surface area contributed by atoms with Crippen LogP contribution in [0.2, 0.25) is 0 Å². The number of halogens is 2. The molecule has 1 amide bonds. The second-order valence-corrected chi connectivity index (χ2v) is 4.08. The Morgan fingerprint density at radius 1 is 1.43 bits per heavy atom. The van der Waals surface area contributed by atoms with Crippen LogP contribution < -0.4 is 5.32 Å². The molecule has 21 heavy (non-hydrogen) atoms. The summed E-state index contributed by atoms with van der Waals surface area (Å²) in [5.74, 6) is 5.28.